The number of halogens is 1. The lowest BCUT2D eigenvalue weighted by molar-refractivity contribution is 1.09. The summed E-state index contributed by atoms with van der Waals surface area (Å²) < 4.78 is 1.07. The normalized spacial score (nSPS) is 11.1. The van der Waals surface area contributed by atoms with Gasteiger partial charge >= 0.3 is 0 Å². The van der Waals surface area contributed by atoms with Crippen LogP contribution in [0, 0.1) is 0 Å². The van der Waals surface area contributed by atoms with Crippen LogP contribution in [0.15, 0.2) is 47.3 Å². The summed E-state index contributed by atoms with van der Waals surface area (Å²) in [4.78, 5) is 11.2. The van der Waals surface area contributed by atoms with E-state index in [1.165, 1.54) is 16.0 Å². The zero-order valence-corrected chi connectivity index (χ0v) is 15.3. The van der Waals surface area contributed by atoms with E-state index < -0.39 is 0 Å². The summed E-state index contributed by atoms with van der Waals surface area (Å²) in [5.74, 6) is 1.60. The van der Waals surface area contributed by atoms with Gasteiger partial charge in [0, 0.05) is 21.0 Å². The quantitative estimate of drug-likeness (QED) is 0.497. The fraction of sp³-hybridized carbons (Fsp3) is 0.118. The van der Waals surface area contributed by atoms with Crippen LogP contribution in [0.5, 0.6) is 0 Å². The van der Waals surface area contributed by atoms with Crippen LogP contribution in [-0.4, -0.2) is 20.2 Å². The second-order valence-corrected chi connectivity index (χ2v) is 7.26. The smallest absolute Gasteiger partial charge is 0.144 e. The highest BCUT2D eigenvalue weighted by Crippen LogP contribution is 2.41. The molecule has 0 radical (unpaired) electrons. The topological polar surface area (TPSA) is 66.5 Å². The number of rotatable bonds is 4. The number of anilines is 2. The van der Waals surface area contributed by atoms with Crippen molar-refractivity contribution in [1.82, 2.24) is 20.2 Å². The van der Waals surface area contributed by atoms with Crippen LogP contribution in [0.2, 0.25) is 0 Å². The number of nitrogens with zero attached hydrogens (tertiary/aromatic N) is 3. The molecule has 0 saturated carbocycles. The molecule has 7 heteroatoms. The Balaban J connectivity index is 1.94. The van der Waals surface area contributed by atoms with Crippen molar-refractivity contribution in [2.75, 3.05) is 5.32 Å². The number of thiophene rings is 1. The van der Waals surface area contributed by atoms with Gasteiger partial charge in [-0.15, -0.1) is 11.3 Å². The van der Waals surface area contributed by atoms with Gasteiger partial charge in [-0.05, 0) is 24.1 Å². The third-order valence-corrected chi connectivity index (χ3v) is 5.54. The van der Waals surface area contributed by atoms with Crippen molar-refractivity contribution in [3.63, 3.8) is 0 Å². The first-order valence-corrected chi connectivity index (χ1v) is 9.16. The second kappa shape index (κ2) is 6.33. The van der Waals surface area contributed by atoms with Gasteiger partial charge in [0.15, 0.2) is 0 Å². The number of nitrogens with one attached hydrogen (secondary N) is 2. The number of fused-ring (bicyclic) bond motifs is 1. The first-order valence-electron chi connectivity index (χ1n) is 7.55. The van der Waals surface area contributed by atoms with Gasteiger partial charge < -0.3 is 5.32 Å². The van der Waals surface area contributed by atoms with E-state index in [1.54, 1.807) is 23.9 Å². The molecule has 3 heterocycles. The van der Waals surface area contributed by atoms with E-state index in [9.17, 15) is 0 Å². The van der Waals surface area contributed by atoms with Gasteiger partial charge in [0.2, 0.25) is 0 Å². The zero-order chi connectivity index (χ0) is 16.5. The molecule has 4 aromatic rings. The fourth-order valence-corrected chi connectivity index (χ4v) is 4.06. The van der Waals surface area contributed by atoms with Crippen molar-refractivity contribution in [1.29, 1.82) is 0 Å². The van der Waals surface area contributed by atoms with Crippen LogP contribution >= 0.6 is 27.3 Å². The lowest BCUT2D eigenvalue weighted by Crippen LogP contribution is -1.96. The summed E-state index contributed by atoms with van der Waals surface area (Å²) in [6, 6.07) is 10.2. The molecule has 2 N–H and O–H groups in total. The highest BCUT2D eigenvalue weighted by atomic mass is 79.9. The Kier molecular flexibility index (Phi) is 4.03. The second-order valence-electron chi connectivity index (χ2n) is 5.26. The van der Waals surface area contributed by atoms with Gasteiger partial charge in [-0.25, -0.2) is 9.97 Å². The monoisotopic (exact) mass is 399 g/mol. The van der Waals surface area contributed by atoms with Gasteiger partial charge in [0.25, 0.3) is 0 Å². The Morgan fingerprint density at radius 3 is 2.71 bits per heavy atom. The minimum atomic E-state index is 0.790. The molecular weight excluding hydrogens is 386 g/mol. The molecule has 0 aliphatic rings. The van der Waals surface area contributed by atoms with E-state index >= 15 is 0 Å². The van der Waals surface area contributed by atoms with Crippen molar-refractivity contribution in [3.05, 3.63) is 52.2 Å². The summed E-state index contributed by atoms with van der Waals surface area (Å²) in [7, 11) is 0. The maximum atomic E-state index is 4.48. The molecule has 0 aliphatic heterocycles. The minimum Gasteiger partial charge on any atom is -0.325 e. The first-order chi connectivity index (χ1) is 11.8. The number of aromatic amines is 1. The molecule has 0 saturated heterocycles. The van der Waals surface area contributed by atoms with Crippen molar-refractivity contribution in [3.8, 4) is 11.1 Å². The number of aromatic nitrogens is 4. The average molecular weight is 400 g/mol. The SMILES string of the molecule is CCc1sc2ncnc(Nc3ccn[nH]3)c2c1-c1ccc(Br)cc1. The molecule has 4 rings (SSSR count). The van der Waals surface area contributed by atoms with Crippen LogP contribution in [-0.2, 0) is 6.42 Å². The average Bonchev–Trinajstić information content (AvgIpc) is 3.23. The summed E-state index contributed by atoms with van der Waals surface area (Å²) in [6.07, 6.45) is 4.26. The number of aryl methyl sites for hydroxylation is 1. The molecule has 0 bridgehead atoms. The van der Waals surface area contributed by atoms with Crippen molar-refractivity contribution in [2.24, 2.45) is 0 Å². The molecule has 0 fully saturated rings. The van der Waals surface area contributed by atoms with E-state index in [4.69, 9.17) is 0 Å². The lowest BCUT2D eigenvalue weighted by atomic mass is 10.0. The molecule has 1 aromatic carbocycles. The van der Waals surface area contributed by atoms with E-state index in [-0.39, 0.29) is 0 Å². The van der Waals surface area contributed by atoms with Crippen LogP contribution < -0.4 is 5.32 Å². The third kappa shape index (κ3) is 2.70. The standard InChI is InChI=1S/C17H14BrN5S/c1-2-12-14(10-3-5-11(18)6-4-10)15-16(19-9-20-17(15)24-12)22-13-7-8-21-23-13/h3-9H,2H2,1H3,(H2,19,20,21,22,23). The fourth-order valence-electron chi connectivity index (χ4n) is 2.70. The summed E-state index contributed by atoms with van der Waals surface area (Å²) in [5.41, 5.74) is 2.37. The van der Waals surface area contributed by atoms with E-state index in [0.717, 1.165) is 32.7 Å². The van der Waals surface area contributed by atoms with Crippen molar-refractivity contribution in [2.45, 2.75) is 13.3 Å². The minimum absolute atomic E-state index is 0.790. The predicted molar refractivity (Wildman–Crippen MR) is 102 cm³/mol. The highest BCUT2D eigenvalue weighted by Gasteiger charge is 2.18. The number of hydrogen-bond acceptors (Lipinski definition) is 5. The molecule has 0 amide bonds. The number of H-pyrrole nitrogens is 1. The molecule has 5 nitrogen and oxygen atoms in total. The maximum Gasteiger partial charge on any atom is 0.144 e. The third-order valence-electron chi connectivity index (χ3n) is 3.77. The molecule has 0 unspecified atom stereocenters. The summed E-state index contributed by atoms with van der Waals surface area (Å²) >= 11 is 5.22. The lowest BCUT2D eigenvalue weighted by Gasteiger charge is -2.08. The van der Waals surface area contributed by atoms with Crippen LogP contribution in [0.3, 0.4) is 0 Å². The van der Waals surface area contributed by atoms with Gasteiger partial charge in [-0.3, -0.25) is 5.10 Å². The van der Waals surface area contributed by atoms with Gasteiger partial charge in [0.05, 0.1) is 11.6 Å². The Morgan fingerprint density at radius 1 is 1.17 bits per heavy atom. The van der Waals surface area contributed by atoms with Gasteiger partial charge in [-0.2, -0.15) is 5.10 Å². The molecule has 0 aliphatic carbocycles. The van der Waals surface area contributed by atoms with Crippen molar-refractivity contribution < 1.29 is 0 Å². The number of benzene rings is 1. The molecule has 0 spiro atoms. The van der Waals surface area contributed by atoms with E-state index in [1.807, 2.05) is 6.07 Å². The largest absolute Gasteiger partial charge is 0.325 e. The molecule has 24 heavy (non-hydrogen) atoms. The number of hydrogen-bond donors (Lipinski definition) is 2. The van der Waals surface area contributed by atoms with Crippen LogP contribution in [0.25, 0.3) is 21.3 Å². The Hall–Kier alpha value is -2.25. The van der Waals surface area contributed by atoms with E-state index in [0.29, 0.717) is 0 Å². The van der Waals surface area contributed by atoms with E-state index in [2.05, 4.69) is 72.6 Å². The van der Waals surface area contributed by atoms with Crippen molar-refractivity contribution >= 4 is 49.1 Å². The van der Waals surface area contributed by atoms with Gasteiger partial charge in [0.1, 0.15) is 22.8 Å². The molecular formula is C17H14BrN5S. The molecule has 120 valence electrons. The summed E-state index contributed by atoms with van der Waals surface area (Å²) in [5, 5.41) is 11.3. The van der Waals surface area contributed by atoms with Gasteiger partial charge in [-0.1, -0.05) is 35.0 Å². The molecule has 0 atom stereocenters. The first kappa shape index (κ1) is 15.3. The Morgan fingerprint density at radius 2 is 2.00 bits per heavy atom. The Bertz CT molecular complexity index is 976. The summed E-state index contributed by atoms with van der Waals surface area (Å²) in [6.45, 7) is 2.17. The van der Waals surface area contributed by atoms with Crippen LogP contribution in [0.1, 0.15) is 11.8 Å². The zero-order valence-electron chi connectivity index (χ0n) is 12.9. The predicted octanol–water partition coefficient (Wildman–Crippen LogP) is 5.15. The highest BCUT2D eigenvalue weighted by molar-refractivity contribution is 9.10. The Labute approximate surface area is 151 Å². The molecule has 3 aromatic heterocycles. The van der Waals surface area contributed by atoms with Crippen LogP contribution in [0.4, 0.5) is 11.6 Å². The maximum absolute atomic E-state index is 4.48.